The topological polar surface area (TPSA) is 69.2 Å². The quantitative estimate of drug-likeness (QED) is 0.840. The van der Waals surface area contributed by atoms with Crippen LogP contribution < -0.4 is 4.90 Å². The molecule has 24 heavy (non-hydrogen) atoms. The number of hydrogen-bond donors (Lipinski definition) is 0. The van der Waals surface area contributed by atoms with Crippen molar-refractivity contribution in [1.29, 1.82) is 5.26 Å². The molecule has 0 amide bonds. The summed E-state index contributed by atoms with van der Waals surface area (Å²) in [5.41, 5.74) is 1.77. The minimum Gasteiger partial charge on any atom is -0.423 e. The fourth-order valence-corrected chi connectivity index (χ4v) is 3.13. The molecular weight excluding hydrogens is 302 g/mol. The van der Waals surface area contributed by atoms with Crippen molar-refractivity contribution in [2.24, 2.45) is 0 Å². The Bertz CT molecular complexity index is 724. The average Bonchev–Trinajstić information content (AvgIpc) is 3.40. The van der Waals surface area contributed by atoms with E-state index < -0.39 is 0 Å². The Morgan fingerprint density at radius 1 is 1.17 bits per heavy atom. The van der Waals surface area contributed by atoms with Crippen molar-refractivity contribution in [3.8, 4) is 6.07 Å². The number of aromatic nitrogens is 2. The average molecular weight is 323 g/mol. The molecule has 1 aliphatic heterocycles. The van der Waals surface area contributed by atoms with Crippen molar-refractivity contribution < 1.29 is 4.42 Å². The zero-order valence-corrected chi connectivity index (χ0v) is 13.7. The van der Waals surface area contributed by atoms with Crippen molar-refractivity contribution in [2.45, 2.75) is 25.2 Å². The number of hydrogen-bond acceptors (Lipinski definition) is 6. The van der Waals surface area contributed by atoms with Crippen LogP contribution in [0.4, 0.5) is 5.88 Å². The molecule has 0 N–H and O–H groups in total. The number of nitriles is 1. The molecule has 0 spiro atoms. The van der Waals surface area contributed by atoms with E-state index in [2.05, 4.69) is 38.0 Å². The Labute approximate surface area is 141 Å². The lowest BCUT2D eigenvalue weighted by Gasteiger charge is -2.34. The lowest BCUT2D eigenvalue weighted by atomic mass is 10.2. The first kappa shape index (κ1) is 15.2. The van der Waals surface area contributed by atoms with Gasteiger partial charge in [0.2, 0.25) is 17.5 Å². The summed E-state index contributed by atoms with van der Waals surface area (Å²) in [6.07, 6.45) is 7.00. The smallest absolute Gasteiger partial charge is 0.234 e. The predicted octanol–water partition coefficient (Wildman–Crippen LogP) is 2.18. The van der Waals surface area contributed by atoms with Gasteiger partial charge in [-0.05, 0) is 37.0 Å². The van der Waals surface area contributed by atoms with E-state index in [9.17, 15) is 5.26 Å². The first-order chi connectivity index (χ1) is 11.8. The molecule has 1 aliphatic carbocycles. The van der Waals surface area contributed by atoms with Crippen molar-refractivity contribution in [3.05, 3.63) is 41.7 Å². The van der Waals surface area contributed by atoms with Crippen molar-refractivity contribution in [2.75, 3.05) is 37.6 Å². The third-order valence-electron chi connectivity index (χ3n) is 4.78. The SMILES string of the molecule is N#Cc1nc(C2CC2)oc1N1CCN(CCc2ccncc2)CC1. The van der Waals surface area contributed by atoms with Gasteiger partial charge in [-0.25, -0.2) is 4.98 Å². The Morgan fingerprint density at radius 3 is 2.58 bits per heavy atom. The molecule has 4 rings (SSSR count). The van der Waals surface area contributed by atoms with Gasteiger partial charge in [0.1, 0.15) is 6.07 Å². The van der Waals surface area contributed by atoms with Crippen molar-refractivity contribution in [1.82, 2.24) is 14.9 Å². The van der Waals surface area contributed by atoms with E-state index in [1.807, 2.05) is 12.4 Å². The minimum atomic E-state index is 0.438. The molecule has 3 heterocycles. The molecule has 2 fully saturated rings. The molecule has 0 radical (unpaired) electrons. The van der Waals surface area contributed by atoms with Gasteiger partial charge in [0.25, 0.3) is 0 Å². The highest BCUT2D eigenvalue weighted by Gasteiger charge is 2.32. The highest BCUT2D eigenvalue weighted by molar-refractivity contribution is 5.48. The third kappa shape index (κ3) is 3.26. The monoisotopic (exact) mass is 323 g/mol. The van der Waals surface area contributed by atoms with Crippen LogP contribution in [-0.4, -0.2) is 47.6 Å². The van der Waals surface area contributed by atoms with Crippen LogP contribution in [0.15, 0.2) is 28.9 Å². The van der Waals surface area contributed by atoms with E-state index in [1.165, 1.54) is 5.56 Å². The van der Waals surface area contributed by atoms with Crippen LogP contribution in [0.2, 0.25) is 0 Å². The van der Waals surface area contributed by atoms with Crippen molar-refractivity contribution >= 4 is 5.88 Å². The molecule has 124 valence electrons. The molecule has 2 aromatic heterocycles. The van der Waals surface area contributed by atoms with E-state index in [0.717, 1.165) is 57.9 Å². The zero-order chi connectivity index (χ0) is 16.4. The summed E-state index contributed by atoms with van der Waals surface area (Å²) in [6, 6.07) is 6.33. The maximum Gasteiger partial charge on any atom is 0.234 e. The van der Waals surface area contributed by atoms with Gasteiger partial charge in [-0.15, -0.1) is 0 Å². The summed E-state index contributed by atoms with van der Waals surface area (Å²) in [5.74, 6) is 1.86. The normalized spacial score (nSPS) is 18.5. The van der Waals surface area contributed by atoms with Crippen LogP contribution in [0, 0.1) is 11.3 Å². The molecule has 6 nitrogen and oxygen atoms in total. The highest BCUT2D eigenvalue weighted by Crippen LogP contribution is 2.41. The third-order valence-corrected chi connectivity index (χ3v) is 4.78. The summed E-state index contributed by atoms with van der Waals surface area (Å²) < 4.78 is 5.90. The fourth-order valence-electron chi connectivity index (χ4n) is 3.13. The first-order valence-electron chi connectivity index (χ1n) is 8.60. The molecule has 0 aromatic carbocycles. The Morgan fingerprint density at radius 2 is 1.92 bits per heavy atom. The van der Waals surface area contributed by atoms with E-state index >= 15 is 0 Å². The van der Waals surface area contributed by atoms with Gasteiger partial charge in [-0.3, -0.25) is 9.88 Å². The molecule has 0 atom stereocenters. The van der Waals surface area contributed by atoms with Gasteiger partial charge >= 0.3 is 0 Å². The van der Waals surface area contributed by atoms with Gasteiger partial charge in [0.15, 0.2) is 0 Å². The van der Waals surface area contributed by atoms with E-state index in [4.69, 9.17) is 4.42 Å². The van der Waals surface area contributed by atoms with E-state index in [-0.39, 0.29) is 0 Å². The largest absolute Gasteiger partial charge is 0.423 e. The standard InChI is InChI=1S/C18H21N5O/c19-13-16-18(24-17(21-16)15-1-2-15)23-11-9-22(10-12-23)8-5-14-3-6-20-7-4-14/h3-4,6-7,15H,1-2,5,8-12H2. The maximum atomic E-state index is 9.31. The predicted molar refractivity (Wildman–Crippen MR) is 89.8 cm³/mol. The second kappa shape index (κ2) is 6.62. The lowest BCUT2D eigenvalue weighted by molar-refractivity contribution is 0.256. The van der Waals surface area contributed by atoms with Crippen LogP contribution in [0.1, 0.15) is 35.9 Å². The van der Waals surface area contributed by atoms with Gasteiger partial charge < -0.3 is 9.32 Å². The maximum absolute atomic E-state index is 9.31. The van der Waals surface area contributed by atoms with Gasteiger partial charge in [0, 0.05) is 51.0 Å². The Balaban J connectivity index is 1.33. The van der Waals surface area contributed by atoms with Crippen LogP contribution >= 0.6 is 0 Å². The lowest BCUT2D eigenvalue weighted by Crippen LogP contribution is -2.47. The van der Waals surface area contributed by atoms with Crippen molar-refractivity contribution in [3.63, 3.8) is 0 Å². The van der Waals surface area contributed by atoms with Crippen LogP contribution in [0.5, 0.6) is 0 Å². The van der Waals surface area contributed by atoms with Gasteiger partial charge in [-0.1, -0.05) is 0 Å². The minimum absolute atomic E-state index is 0.438. The fraction of sp³-hybridized carbons (Fsp3) is 0.500. The number of pyridine rings is 1. The van der Waals surface area contributed by atoms with Gasteiger partial charge in [0.05, 0.1) is 0 Å². The van der Waals surface area contributed by atoms with E-state index in [0.29, 0.717) is 17.5 Å². The molecule has 6 heteroatoms. The number of nitrogens with zero attached hydrogens (tertiary/aromatic N) is 5. The summed E-state index contributed by atoms with van der Waals surface area (Å²) in [5, 5.41) is 9.31. The first-order valence-corrected chi connectivity index (χ1v) is 8.60. The molecule has 1 saturated heterocycles. The van der Waals surface area contributed by atoms with Crippen LogP contribution in [-0.2, 0) is 6.42 Å². The highest BCUT2D eigenvalue weighted by atomic mass is 16.4. The summed E-state index contributed by atoms with van der Waals surface area (Å²) >= 11 is 0. The second-order valence-electron chi connectivity index (χ2n) is 6.53. The number of rotatable bonds is 5. The molecule has 0 bridgehead atoms. The summed E-state index contributed by atoms with van der Waals surface area (Å²) in [7, 11) is 0. The summed E-state index contributed by atoms with van der Waals surface area (Å²) in [6.45, 7) is 4.77. The number of anilines is 1. The Kier molecular flexibility index (Phi) is 4.18. The molecule has 1 saturated carbocycles. The number of oxazole rings is 1. The molecule has 2 aromatic rings. The van der Waals surface area contributed by atoms with Crippen LogP contribution in [0.25, 0.3) is 0 Å². The Hall–Kier alpha value is -2.39. The molecular formula is C18H21N5O. The summed E-state index contributed by atoms with van der Waals surface area (Å²) in [4.78, 5) is 13.1. The second-order valence-corrected chi connectivity index (χ2v) is 6.53. The van der Waals surface area contributed by atoms with E-state index in [1.54, 1.807) is 0 Å². The zero-order valence-electron chi connectivity index (χ0n) is 13.7. The number of piperazine rings is 1. The van der Waals surface area contributed by atoms with Crippen LogP contribution in [0.3, 0.4) is 0 Å². The molecule has 2 aliphatic rings. The molecule has 0 unspecified atom stereocenters. The van der Waals surface area contributed by atoms with Gasteiger partial charge in [-0.2, -0.15) is 5.26 Å².